The van der Waals surface area contributed by atoms with E-state index < -0.39 is 16.8 Å². The smallest absolute Gasteiger partial charge is 0.323 e. The summed E-state index contributed by atoms with van der Waals surface area (Å²) in [6.07, 6.45) is 0. The van der Waals surface area contributed by atoms with Gasteiger partial charge in [-0.15, -0.1) is 0 Å². The second-order valence-electron chi connectivity index (χ2n) is 5.43. The molecular formula is C20H15NO4. The van der Waals surface area contributed by atoms with Crippen LogP contribution in [0.15, 0.2) is 84.9 Å². The van der Waals surface area contributed by atoms with Gasteiger partial charge in [-0.05, 0) is 17.2 Å². The van der Waals surface area contributed by atoms with Crippen molar-refractivity contribution in [3.63, 3.8) is 0 Å². The van der Waals surface area contributed by atoms with Crippen LogP contribution in [0.5, 0.6) is 5.75 Å². The van der Waals surface area contributed by atoms with E-state index in [1.807, 2.05) is 60.7 Å². The first kappa shape index (κ1) is 16.4. The summed E-state index contributed by atoms with van der Waals surface area (Å²) in [5.74, 6) is -0.948. The molecule has 0 radical (unpaired) electrons. The minimum absolute atomic E-state index is 0.124. The Labute approximate surface area is 144 Å². The van der Waals surface area contributed by atoms with E-state index in [0.29, 0.717) is 0 Å². The zero-order valence-corrected chi connectivity index (χ0v) is 13.2. The van der Waals surface area contributed by atoms with Gasteiger partial charge < -0.3 is 4.74 Å². The summed E-state index contributed by atoms with van der Waals surface area (Å²) in [7, 11) is 0. The molecule has 5 nitrogen and oxygen atoms in total. The lowest BCUT2D eigenvalue weighted by molar-refractivity contribution is -0.384. The van der Waals surface area contributed by atoms with E-state index in [4.69, 9.17) is 4.74 Å². The number of benzene rings is 3. The molecule has 25 heavy (non-hydrogen) atoms. The van der Waals surface area contributed by atoms with Crippen LogP contribution in [0.25, 0.3) is 0 Å². The van der Waals surface area contributed by atoms with Crippen LogP contribution in [0, 0.1) is 10.1 Å². The minimum Gasteiger partial charge on any atom is -0.426 e. The number of ether oxygens (including phenoxy) is 1. The molecule has 0 fully saturated rings. The number of rotatable bonds is 5. The Morgan fingerprint density at radius 2 is 1.40 bits per heavy atom. The summed E-state index contributed by atoms with van der Waals surface area (Å²) in [6, 6.07) is 24.2. The summed E-state index contributed by atoms with van der Waals surface area (Å²) in [6.45, 7) is 0. The molecule has 0 aromatic heterocycles. The molecule has 0 atom stereocenters. The molecule has 124 valence electrons. The Balaban J connectivity index is 1.93. The molecule has 3 aromatic rings. The number of hydrogen-bond acceptors (Lipinski definition) is 4. The van der Waals surface area contributed by atoms with Crippen LogP contribution < -0.4 is 4.74 Å². The molecule has 0 saturated carbocycles. The fourth-order valence-corrected chi connectivity index (χ4v) is 2.59. The van der Waals surface area contributed by atoms with Gasteiger partial charge >= 0.3 is 5.97 Å². The molecule has 0 aliphatic rings. The molecule has 3 aromatic carbocycles. The van der Waals surface area contributed by atoms with Crippen molar-refractivity contribution in [1.29, 1.82) is 0 Å². The van der Waals surface area contributed by atoms with Crippen molar-refractivity contribution in [3.05, 3.63) is 106 Å². The van der Waals surface area contributed by atoms with E-state index in [-0.39, 0.29) is 11.4 Å². The van der Waals surface area contributed by atoms with Crippen LogP contribution in [0.2, 0.25) is 0 Å². The van der Waals surface area contributed by atoms with Gasteiger partial charge in [0.25, 0.3) is 5.69 Å². The number of nitrogens with zero attached hydrogens (tertiary/aromatic N) is 1. The maximum absolute atomic E-state index is 12.8. The topological polar surface area (TPSA) is 69.4 Å². The number of carbonyl (C=O) groups excluding carboxylic acids is 1. The number of esters is 1. The Kier molecular flexibility index (Phi) is 4.85. The molecule has 0 unspecified atom stereocenters. The first-order valence-electron chi connectivity index (χ1n) is 7.71. The lowest BCUT2D eigenvalue weighted by atomic mass is 9.91. The Bertz CT molecular complexity index is 839. The van der Waals surface area contributed by atoms with E-state index in [9.17, 15) is 14.9 Å². The van der Waals surface area contributed by atoms with Crippen molar-refractivity contribution < 1.29 is 14.5 Å². The van der Waals surface area contributed by atoms with Crippen molar-refractivity contribution in [2.24, 2.45) is 0 Å². The monoisotopic (exact) mass is 333 g/mol. The second-order valence-corrected chi connectivity index (χ2v) is 5.43. The highest BCUT2D eigenvalue weighted by Crippen LogP contribution is 2.28. The van der Waals surface area contributed by atoms with Gasteiger partial charge in [-0.1, -0.05) is 66.7 Å². The Hall–Kier alpha value is -3.47. The summed E-state index contributed by atoms with van der Waals surface area (Å²) in [4.78, 5) is 23.2. The van der Waals surface area contributed by atoms with Gasteiger partial charge in [0.1, 0.15) is 11.7 Å². The van der Waals surface area contributed by atoms with Crippen LogP contribution in [0.1, 0.15) is 17.0 Å². The zero-order chi connectivity index (χ0) is 17.6. The van der Waals surface area contributed by atoms with Gasteiger partial charge in [-0.2, -0.15) is 0 Å². The van der Waals surface area contributed by atoms with Gasteiger partial charge in [0.2, 0.25) is 0 Å². The molecule has 0 spiro atoms. The summed E-state index contributed by atoms with van der Waals surface area (Å²) < 4.78 is 5.43. The van der Waals surface area contributed by atoms with Crippen molar-refractivity contribution in [2.45, 2.75) is 5.92 Å². The minimum atomic E-state index is -0.610. The maximum atomic E-state index is 12.8. The van der Waals surface area contributed by atoms with Crippen LogP contribution in [-0.4, -0.2) is 10.9 Å². The predicted molar refractivity (Wildman–Crippen MR) is 93.5 cm³/mol. The molecule has 0 heterocycles. The fourth-order valence-electron chi connectivity index (χ4n) is 2.59. The van der Waals surface area contributed by atoms with E-state index in [1.54, 1.807) is 0 Å². The normalized spacial score (nSPS) is 10.4. The lowest BCUT2D eigenvalue weighted by Crippen LogP contribution is -2.20. The van der Waals surface area contributed by atoms with Crippen molar-refractivity contribution in [3.8, 4) is 5.75 Å². The maximum Gasteiger partial charge on any atom is 0.323 e. The predicted octanol–water partition coefficient (Wildman–Crippen LogP) is 4.33. The van der Waals surface area contributed by atoms with Gasteiger partial charge in [0.15, 0.2) is 0 Å². The van der Waals surface area contributed by atoms with Crippen molar-refractivity contribution in [2.75, 3.05) is 0 Å². The third-order valence-electron chi connectivity index (χ3n) is 3.75. The first-order chi connectivity index (χ1) is 12.1. The lowest BCUT2D eigenvalue weighted by Gasteiger charge is -2.16. The molecule has 5 heteroatoms. The van der Waals surface area contributed by atoms with Crippen LogP contribution >= 0.6 is 0 Å². The highest BCUT2D eigenvalue weighted by molar-refractivity contribution is 5.84. The summed E-state index contributed by atoms with van der Waals surface area (Å²) in [5, 5.41) is 10.9. The third-order valence-corrected chi connectivity index (χ3v) is 3.75. The van der Waals surface area contributed by atoms with E-state index in [2.05, 4.69) is 0 Å². The molecule has 3 rings (SSSR count). The van der Waals surface area contributed by atoms with E-state index in [1.165, 1.54) is 24.3 Å². The number of non-ortho nitro benzene ring substituents is 1. The molecule has 0 aliphatic heterocycles. The van der Waals surface area contributed by atoms with Gasteiger partial charge in [0.05, 0.1) is 11.0 Å². The summed E-state index contributed by atoms with van der Waals surface area (Å²) in [5.41, 5.74) is 1.47. The molecule has 0 saturated heterocycles. The van der Waals surface area contributed by atoms with Gasteiger partial charge in [-0.25, -0.2) is 0 Å². The molecule has 0 aliphatic carbocycles. The SMILES string of the molecule is O=C(Oc1cccc([N+](=O)[O-])c1)C(c1ccccc1)c1ccccc1. The van der Waals surface area contributed by atoms with Crippen LogP contribution in [0.3, 0.4) is 0 Å². The average Bonchev–Trinajstić information content (AvgIpc) is 2.64. The highest BCUT2D eigenvalue weighted by atomic mass is 16.6. The molecule has 0 amide bonds. The highest BCUT2D eigenvalue weighted by Gasteiger charge is 2.25. The Morgan fingerprint density at radius 3 is 1.92 bits per heavy atom. The zero-order valence-electron chi connectivity index (χ0n) is 13.2. The summed E-state index contributed by atoms with van der Waals surface area (Å²) >= 11 is 0. The number of nitro groups is 1. The van der Waals surface area contributed by atoms with Gasteiger partial charge in [0, 0.05) is 6.07 Å². The number of nitro benzene ring substituents is 1. The fraction of sp³-hybridized carbons (Fsp3) is 0.0500. The van der Waals surface area contributed by atoms with Crippen molar-refractivity contribution >= 4 is 11.7 Å². The van der Waals surface area contributed by atoms with Crippen molar-refractivity contribution in [1.82, 2.24) is 0 Å². The molecule has 0 bridgehead atoms. The standard InChI is InChI=1S/C20H15NO4/c22-20(25-18-13-7-12-17(14-18)21(23)24)19(15-8-3-1-4-9-15)16-10-5-2-6-11-16/h1-14,19H. The largest absolute Gasteiger partial charge is 0.426 e. The molecular weight excluding hydrogens is 318 g/mol. The van der Waals surface area contributed by atoms with Gasteiger partial charge in [-0.3, -0.25) is 14.9 Å². The van der Waals surface area contributed by atoms with E-state index in [0.717, 1.165) is 11.1 Å². The second kappa shape index (κ2) is 7.40. The molecule has 0 N–H and O–H groups in total. The van der Waals surface area contributed by atoms with Crippen LogP contribution in [0.4, 0.5) is 5.69 Å². The third kappa shape index (κ3) is 3.90. The number of carbonyl (C=O) groups is 1. The number of hydrogen-bond donors (Lipinski definition) is 0. The quantitative estimate of drug-likeness (QED) is 0.301. The van der Waals surface area contributed by atoms with E-state index >= 15 is 0 Å². The first-order valence-corrected chi connectivity index (χ1v) is 7.71. The average molecular weight is 333 g/mol. The Morgan fingerprint density at radius 1 is 0.840 bits per heavy atom. The van der Waals surface area contributed by atoms with Crippen LogP contribution in [-0.2, 0) is 4.79 Å².